The van der Waals surface area contributed by atoms with E-state index < -0.39 is 11.2 Å². The summed E-state index contributed by atoms with van der Waals surface area (Å²) in [7, 11) is 1.75. The molecule has 3 nitrogen and oxygen atoms in total. The molecule has 1 aromatic heterocycles. The predicted molar refractivity (Wildman–Crippen MR) is 135 cm³/mol. The molecule has 0 atom stereocenters. The van der Waals surface area contributed by atoms with Crippen LogP contribution in [0.1, 0.15) is 27.7 Å². The molecule has 0 aliphatic carbocycles. The summed E-state index contributed by atoms with van der Waals surface area (Å²) in [5.74, 6) is 0. The molecule has 0 saturated heterocycles. The molecule has 159 valence electrons. The first-order valence-corrected chi connectivity index (χ1v) is 11.0. The summed E-state index contributed by atoms with van der Waals surface area (Å²) < 4.78 is 8.35. The van der Waals surface area contributed by atoms with E-state index in [0.717, 1.165) is 16.7 Å². The summed E-state index contributed by atoms with van der Waals surface area (Å²) >= 11 is 0. The topological polar surface area (TPSA) is 34.4 Å². The number of rotatable bonds is 5. The molecule has 1 radical (unpaired) electrons. The van der Waals surface area contributed by atoms with Crippen LogP contribution in [-0.2, 0) is 4.65 Å². The minimum atomic E-state index is -0.967. The molecule has 1 heterocycles. The first-order valence-electron chi connectivity index (χ1n) is 11.0. The highest BCUT2D eigenvalue weighted by molar-refractivity contribution is 6.47. The van der Waals surface area contributed by atoms with Crippen molar-refractivity contribution in [1.29, 1.82) is 0 Å². The molecular weight excluding hydrogens is 393 g/mol. The van der Waals surface area contributed by atoms with Crippen molar-refractivity contribution in [2.24, 2.45) is 0 Å². The first-order chi connectivity index (χ1) is 15.3. The summed E-state index contributed by atoms with van der Waals surface area (Å²) in [6, 6.07) is 29.8. The Kier molecular flexibility index (Phi) is 4.88. The Morgan fingerprint density at radius 3 is 2.22 bits per heavy atom. The van der Waals surface area contributed by atoms with Crippen molar-refractivity contribution in [2.45, 2.75) is 38.9 Å². The van der Waals surface area contributed by atoms with E-state index in [-0.39, 0.29) is 0 Å². The zero-order valence-electron chi connectivity index (χ0n) is 19.0. The Balaban J connectivity index is 1.73. The lowest BCUT2D eigenvalue weighted by molar-refractivity contribution is -0.0893. The molecule has 0 fully saturated rings. The normalized spacial score (nSPS) is 12.7. The van der Waals surface area contributed by atoms with Crippen molar-refractivity contribution in [3.63, 3.8) is 0 Å². The smallest absolute Gasteiger partial charge is 0.330 e. The molecule has 0 saturated carbocycles. The molecule has 32 heavy (non-hydrogen) atoms. The second kappa shape index (κ2) is 7.51. The molecule has 0 aliphatic rings. The van der Waals surface area contributed by atoms with Gasteiger partial charge in [0.2, 0.25) is 0 Å². The molecule has 0 aliphatic heterocycles. The molecule has 4 heteroatoms. The largest absolute Gasteiger partial charge is 0.427 e. The van der Waals surface area contributed by atoms with Crippen LogP contribution in [0, 0.1) is 0 Å². The number of aromatic nitrogens is 1. The highest BCUT2D eigenvalue weighted by Crippen LogP contribution is 2.36. The highest BCUT2D eigenvalue weighted by Gasteiger charge is 2.35. The molecule has 0 unspecified atom stereocenters. The summed E-state index contributed by atoms with van der Waals surface area (Å²) in [4.78, 5) is 0. The molecule has 0 bridgehead atoms. The van der Waals surface area contributed by atoms with Crippen molar-refractivity contribution in [3.05, 3.63) is 84.9 Å². The molecule has 0 amide bonds. The van der Waals surface area contributed by atoms with Crippen LogP contribution in [-0.4, -0.2) is 28.4 Å². The molecule has 1 N–H and O–H groups in total. The van der Waals surface area contributed by atoms with E-state index >= 15 is 0 Å². The Morgan fingerprint density at radius 2 is 1.47 bits per heavy atom. The fourth-order valence-electron chi connectivity index (χ4n) is 4.09. The van der Waals surface area contributed by atoms with Gasteiger partial charge in [-0.05, 0) is 62.7 Å². The number of benzene rings is 4. The summed E-state index contributed by atoms with van der Waals surface area (Å²) in [6.45, 7) is 7.33. The van der Waals surface area contributed by atoms with Gasteiger partial charge < -0.3 is 14.3 Å². The maximum atomic E-state index is 10.4. The summed E-state index contributed by atoms with van der Waals surface area (Å²) in [6.07, 6.45) is 0. The molecule has 5 rings (SSSR count). The standard InChI is InChI=1S/C28H27BNO2/c1-27(2,31)28(3,4)32-29-20-15-16-23-25(18-20)30(21-11-6-5-7-12-21)24-17-14-19-10-8-9-13-22(19)26(23)24/h5-18,31H,1-4H3. The van der Waals surface area contributed by atoms with Gasteiger partial charge in [-0.3, -0.25) is 0 Å². The van der Waals surface area contributed by atoms with Crippen LogP contribution in [0.2, 0.25) is 0 Å². The van der Waals surface area contributed by atoms with Crippen LogP contribution in [0.3, 0.4) is 0 Å². The Hall–Kier alpha value is -3.08. The zero-order chi connectivity index (χ0) is 22.5. The van der Waals surface area contributed by atoms with Crippen LogP contribution in [0.5, 0.6) is 0 Å². The average molecular weight is 420 g/mol. The Morgan fingerprint density at radius 1 is 0.750 bits per heavy atom. The zero-order valence-corrected chi connectivity index (χ0v) is 19.0. The van der Waals surface area contributed by atoms with E-state index in [4.69, 9.17) is 4.65 Å². The minimum absolute atomic E-state index is 0.718. The third-order valence-corrected chi connectivity index (χ3v) is 6.66. The second-order valence-corrected chi connectivity index (χ2v) is 9.43. The van der Waals surface area contributed by atoms with Gasteiger partial charge in [0.1, 0.15) is 0 Å². The van der Waals surface area contributed by atoms with E-state index in [1.165, 1.54) is 27.1 Å². The first kappa shape index (κ1) is 20.8. The predicted octanol–water partition coefficient (Wildman–Crippen LogP) is 5.75. The maximum absolute atomic E-state index is 10.4. The fourth-order valence-corrected chi connectivity index (χ4v) is 4.09. The number of aliphatic hydroxyl groups is 1. The van der Waals surface area contributed by atoms with Gasteiger partial charge in [-0.2, -0.15) is 0 Å². The van der Waals surface area contributed by atoms with Crippen molar-refractivity contribution in [2.75, 3.05) is 0 Å². The fraction of sp³-hybridized carbons (Fsp3) is 0.214. The second-order valence-electron chi connectivity index (χ2n) is 9.43. The number of hydrogen-bond donors (Lipinski definition) is 1. The average Bonchev–Trinajstić information content (AvgIpc) is 3.11. The van der Waals surface area contributed by atoms with Gasteiger partial charge in [0, 0.05) is 16.5 Å². The third kappa shape index (κ3) is 3.40. The van der Waals surface area contributed by atoms with E-state index in [1.54, 1.807) is 21.3 Å². The monoisotopic (exact) mass is 420 g/mol. The molecule has 0 spiro atoms. The number of nitrogens with zero attached hydrogens (tertiary/aromatic N) is 1. The Labute approximate surface area is 189 Å². The van der Waals surface area contributed by atoms with Gasteiger partial charge in [0.25, 0.3) is 0 Å². The maximum Gasteiger partial charge on any atom is 0.330 e. The van der Waals surface area contributed by atoms with E-state index in [1.807, 2.05) is 19.9 Å². The third-order valence-electron chi connectivity index (χ3n) is 6.66. The lowest BCUT2D eigenvalue weighted by Crippen LogP contribution is -2.49. The van der Waals surface area contributed by atoms with E-state index in [9.17, 15) is 5.11 Å². The van der Waals surface area contributed by atoms with Crippen molar-refractivity contribution in [3.8, 4) is 5.69 Å². The highest BCUT2D eigenvalue weighted by atomic mass is 16.5. The van der Waals surface area contributed by atoms with Crippen molar-refractivity contribution < 1.29 is 9.76 Å². The quantitative estimate of drug-likeness (QED) is 0.368. The van der Waals surface area contributed by atoms with Crippen molar-refractivity contribution in [1.82, 2.24) is 4.57 Å². The van der Waals surface area contributed by atoms with Crippen LogP contribution >= 0.6 is 0 Å². The van der Waals surface area contributed by atoms with E-state index in [2.05, 4.69) is 83.4 Å². The van der Waals surface area contributed by atoms with Crippen LogP contribution in [0.15, 0.2) is 84.9 Å². The number of hydrogen-bond acceptors (Lipinski definition) is 2. The van der Waals surface area contributed by atoms with Crippen LogP contribution in [0.25, 0.3) is 38.3 Å². The van der Waals surface area contributed by atoms with E-state index in [0.29, 0.717) is 0 Å². The molecule has 5 aromatic rings. The van der Waals surface area contributed by atoms with Crippen molar-refractivity contribution >= 4 is 45.5 Å². The molecule has 4 aromatic carbocycles. The number of para-hydroxylation sites is 1. The van der Waals surface area contributed by atoms with Gasteiger partial charge in [0.15, 0.2) is 0 Å². The van der Waals surface area contributed by atoms with Crippen LogP contribution in [0.4, 0.5) is 0 Å². The van der Waals surface area contributed by atoms with Gasteiger partial charge in [-0.1, -0.05) is 66.1 Å². The lowest BCUT2D eigenvalue weighted by atomic mass is 9.82. The van der Waals surface area contributed by atoms with Crippen LogP contribution < -0.4 is 5.46 Å². The minimum Gasteiger partial charge on any atom is -0.427 e. The summed E-state index contributed by atoms with van der Waals surface area (Å²) in [5.41, 5.74) is 2.70. The van der Waals surface area contributed by atoms with Gasteiger partial charge in [-0.15, -0.1) is 0 Å². The van der Waals surface area contributed by atoms with Gasteiger partial charge in [0.05, 0.1) is 22.2 Å². The summed E-state index contributed by atoms with van der Waals surface area (Å²) in [5, 5.41) is 15.4. The molecular formula is C28H27BNO2. The Bertz CT molecular complexity index is 1430. The lowest BCUT2D eigenvalue weighted by Gasteiger charge is -2.37. The van der Waals surface area contributed by atoms with Gasteiger partial charge >= 0.3 is 7.48 Å². The van der Waals surface area contributed by atoms with Gasteiger partial charge in [-0.25, -0.2) is 0 Å². The SMILES string of the molecule is CC(C)(O)C(C)(C)O[B]c1ccc2c3c4ccccc4ccc3n(-c3ccccc3)c2c1. The number of fused-ring (bicyclic) bond motifs is 5.